The van der Waals surface area contributed by atoms with Gasteiger partial charge in [0.25, 0.3) is 0 Å². The van der Waals surface area contributed by atoms with Crippen LogP contribution in [0.5, 0.6) is 0 Å². The third kappa shape index (κ3) is 26.8. The van der Waals surface area contributed by atoms with E-state index in [1.807, 2.05) is 0 Å². The smallest absolute Gasteiger partial charge is 0.217 e. The summed E-state index contributed by atoms with van der Waals surface area (Å²) in [5, 5.41) is 374. The van der Waals surface area contributed by atoms with Gasteiger partial charge in [0.2, 0.25) is 29.5 Å². The van der Waals surface area contributed by atoms with Gasteiger partial charge in [0, 0.05) is 34.6 Å². The molecule has 0 saturated carbocycles. The highest BCUT2D eigenvalue weighted by Gasteiger charge is 2.64. The molecule has 12 fully saturated rings. The Labute approximate surface area is 832 Å². The van der Waals surface area contributed by atoms with Gasteiger partial charge < -0.3 is 299 Å². The molecule has 0 radical (unpaired) electrons. The molecule has 12 rings (SSSR count). The third-order valence-electron chi connectivity index (χ3n) is 27.0. The molecule has 37 N–H and O–H groups in total. The van der Waals surface area contributed by atoms with Crippen LogP contribution in [0.25, 0.3) is 0 Å². The van der Waals surface area contributed by atoms with Crippen LogP contribution in [0.15, 0.2) is 0 Å². The maximum absolute atomic E-state index is 13.5. The summed E-state index contributed by atoms with van der Waals surface area (Å²) in [5.74, 6) is -5.03. The first-order valence-corrected chi connectivity index (χ1v) is 47.0. The molecule has 0 spiro atoms. The number of nitrogens with one attached hydrogen (secondary N) is 5. The summed E-state index contributed by atoms with van der Waals surface area (Å²) in [7, 11) is 0. The quantitative estimate of drug-likeness (QED) is 0.0273. The Morgan fingerprint density at radius 3 is 0.762 bits per heavy atom. The summed E-state index contributed by atoms with van der Waals surface area (Å²) < 4.78 is 139. The van der Waals surface area contributed by atoms with E-state index >= 15 is 0 Å². The van der Waals surface area contributed by atoms with Crippen molar-refractivity contribution in [2.45, 2.75) is 410 Å². The Kier molecular flexibility index (Phi) is 43.4. The van der Waals surface area contributed by atoms with Gasteiger partial charge in [-0.2, -0.15) is 0 Å². The molecule has 0 aliphatic carbocycles. The van der Waals surface area contributed by atoms with Crippen LogP contribution in [0.3, 0.4) is 0 Å². The van der Waals surface area contributed by atoms with Crippen LogP contribution in [0.2, 0.25) is 0 Å². The van der Waals surface area contributed by atoms with Gasteiger partial charge in [-0.05, 0) is 6.92 Å². The van der Waals surface area contributed by atoms with Crippen molar-refractivity contribution in [2.75, 3.05) is 72.7 Å². The van der Waals surface area contributed by atoms with Crippen molar-refractivity contribution in [1.82, 2.24) is 26.6 Å². The fourth-order valence-electron chi connectivity index (χ4n) is 19.2. The van der Waals surface area contributed by atoms with E-state index in [9.17, 15) is 187 Å². The first-order chi connectivity index (χ1) is 69.5. The number of hydrogen-bond acceptors (Lipinski definition) is 60. The second-order valence-electron chi connectivity index (χ2n) is 37.3. The van der Waals surface area contributed by atoms with Crippen LogP contribution in [-0.2, 0) is 133 Å². The van der Waals surface area contributed by atoms with E-state index < -0.39 is 470 Å². The number of amides is 5. The number of ether oxygens (including phenoxy) is 23. The zero-order valence-electron chi connectivity index (χ0n) is 79.2. The Morgan fingerprint density at radius 2 is 0.422 bits per heavy atom. The molecule has 850 valence electrons. The number of aliphatic hydroxyl groups excluding tert-OH is 32. The molecule has 147 heavy (non-hydrogen) atoms. The zero-order valence-corrected chi connectivity index (χ0v) is 79.2. The monoisotopic (exact) mass is 2150 g/mol. The number of rotatable bonds is 38. The van der Waals surface area contributed by atoms with E-state index in [-0.39, 0.29) is 0 Å². The second kappa shape index (κ2) is 52.8. The van der Waals surface area contributed by atoms with Crippen LogP contribution in [-0.4, -0.2) is 634 Å². The minimum absolute atomic E-state index is 0.873. The molecule has 60 atom stereocenters. The van der Waals surface area contributed by atoms with Crippen LogP contribution < -0.4 is 26.6 Å². The summed E-state index contributed by atoms with van der Waals surface area (Å²) >= 11 is 0. The van der Waals surface area contributed by atoms with Crippen molar-refractivity contribution >= 4 is 29.5 Å². The normalized spacial score (nSPS) is 49.6. The molecule has 5 amide bonds. The topological polar surface area (TPSA) is 1010 Å². The van der Waals surface area contributed by atoms with Gasteiger partial charge >= 0.3 is 0 Å². The van der Waals surface area contributed by atoms with Crippen molar-refractivity contribution in [3.8, 4) is 0 Å². The van der Waals surface area contributed by atoms with Crippen molar-refractivity contribution in [3.05, 3.63) is 0 Å². The summed E-state index contributed by atoms with van der Waals surface area (Å²) in [6.07, 6.45) is -119. The minimum atomic E-state index is -2.75. The number of carbonyl (C=O) groups excluding carboxylic acids is 5. The Morgan fingerprint density at radius 1 is 0.190 bits per heavy atom. The van der Waals surface area contributed by atoms with Crippen LogP contribution >= 0.6 is 0 Å². The van der Waals surface area contributed by atoms with Gasteiger partial charge in [0.05, 0.1) is 78.8 Å². The minimum Gasteiger partial charge on any atom is -0.394 e. The average Bonchev–Trinajstić information content (AvgIpc) is 0.757. The molecule has 12 aliphatic heterocycles. The van der Waals surface area contributed by atoms with Gasteiger partial charge in [-0.1, -0.05) is 0 Å². The van der Waals surface area contributed by atoms with E-state index in [1.54, 1.807) is 0 Å². The highest BCUT2D eigenvalue weighted by Crippen LogP contribution is 2.43. The lowest BCUT2D eigenvalue weighted by Gasteiger charge is -2.51. The Balaban J connectivity index is 0.921. The molecule has 12 saturated heterocycles. The Hall–Kier alpha value is -4.85. The molecular formula is C82H137N5O60. The fourth-order valence-corrected chi connectivity index (χ4v) is 19.2. The highest BCUT2D eigenvalue weighted by molar-refractivity contribution is 5.75. The van der Waals surface area contributed by atoms with E-state index in [4.69, 9.17) is 109 Å². The zero-order chi connectivity index (χ0) is 108. The van der Waals surface area contributed by atoms with E-state index in [1.165, 1.54) is 6.92 Å². The van der Waals surface area contributed by atoms with Gasteiger partial charge in [0.1, 0.15) is 287 Å². The van der Waals surface area contributed by atoms with Gasteiger partial charge in [-0.25, -0.2) is 0 Å². The second-order valence-corrected chi connectivity index (χ2v) is 37.3. The van der Waals surface area contributed by atoms with E-state index in [0.29, 0.717) is 0 Å². The summed E-state index contributed by atoms with van der Waals surface area (Å²) in [4.78, 5) is 65.9. The number of aliphatic hydroxyl groups is 32. The standard InChI is InChI=1S/C82H137N5O60/c1-18-40(102)51(113)56(118)76(127-18)125-17-34-67(46(108)35(71(124)128-34)83-19(2)97)140-73-37(85-21(4)99)48(110)65(31(14-95)134-73)144-80-61(123)68(145-82-69(55(117)44(106)27(10-91)132-82)146-74-38(86-22(5)100)49(111)63(29(12-93)135-74)142-78-58(120)53(115)42(104)25(8-89)130-78)45(107)33(138-80)16-126-81-70(147-75-39(87-23(6)101)50(112)64(30(13-94)136-75)143-79-59(121)54(116)43(105)26(9-90)131-79)60(122)66(32(15-96)137-81)139-72-36(84-20(3)98)47(109)62(28(11-92)133-72)141-77-57(119)52(114)41(103)24(7-88)129-77/h18,24-82,88-96,102-124H,7-17H2,1-6H3,(H,83,97)(H,84,98)(H,85,99)(H,86,100)(H,87,101)/t18-,24-,25-,26-,27-,28-,29-,30-,31-,32-,33-,34-,35-,36-,37-,38-,39-,40+,41+,42+,43+,44-,45-,46-,47-,48-,49-,50-,51+,52+,53+,54+,55+,56-,57-,58-,59-,60+,61+,62-,63-,64-,65-,66-,67-,68+,69+,70+,71-,72+,73+,74+,75+,76+,77+,78+,79+,80+,81+,82-/m1/s1. The summed E-state index contributed by atoms with van der Waals surface area (Å²) in [6, 6.07) is -10.1. The lowest BCUT2D eigenvalue weighted by atomic mass is 9.93. The SMILES string of the molecule is CC(=O)N[C@@H]1[C@@H](O)[C@H](O[C@@H]2O[C@H](CO)[C@@H](O[C@@H]3O[C@H](CO[C@H]4O[C@H](CO)[C@@H](O[C@@H]5O[C@H](CO)[C@@H](O[C@@H]6O[C@H](CO)[C@H](O)[C@H](O)[C@H]6O)[C@H](O)[C@H]5NC(C)=O)[C@H](O)[C@@H]4O[C@@H]4O[C@H](CO)[C@@H](O[C@@H]5O[C@H](CO)[C@H](O)[C@H](O)[C@H]5O)[C@H](O)[C@H]4NC(C)=O)[C@@H](O)[C@H](O[C@H]4O[C@H](CO)[C@@H](O)[C@H](O)[C@@H]4O[C@@H]4O[C@H](CO)[C@@H](O[C@@H]5O[C@H](CO)[C@H](O)[C@H](O)[C@H]5O)[C@H](O)[C@H]4NC(C)=O)[C@@H]3O)[C@H](O)[C@H]2NC(C)=O)[C@@H](CO[C@H]2O[C@H](C)[C@H](O)[C@H](O)[C@H]2O)O[C@H]1O. The highest BCUT2D eigenvalue weighted by atomic mass is 16.8. The van der Waals surface area contributed by atoms with Crippen molar-refractivity contribution < 1.29 is 296 Å². The van der Waals surface area contributed by atoms with E-state index in [0.717, 1.165) is 34.6 Å². The van der Waals surface area contributed by atoms with Crippen LogP contribution in [0.4, 0.5) is 0 Å². The molecule has 0 aromatic heterocycles. The first-order valence-electron chi connectivity index (χ1n) is 47.0. The van der Waals surface area contributed by atoms with Gasteiger partial charge in [-0.3, -0.25) is 24.0 Å². The average molecular weight is 2150 g/mol. The number of carbonyl (C=O) groups is 5. The van der Waals surface area contributed by atoms with Crippen molar-refractivity contribution in [2.24, 2.45) is 0 Å². The molecular weight excluding hydrogens is 2010 g/mol. The van der Waals surface area contributed by atoms with Crippen molar-refractivity contribution in [3.63, 3.8) is 0 Å². The molecule has 65 heteroatoms. The Bertz CT molecular complexity index is 4110. The maximum atomic E-state index is 13.5. The fraction of sp³-hybridized carbons (Fsp3) is 0.939. The molecule has 65 nitrogen and oxygen atoms in total. The van der Waals surface area contributed by atoms with Crippen LogP contribution in [0.1, 0.15) is 41.5 Å². The predicted octanol–water partition coefficient (Wildman–Crippen LogP) is -25.4. The lowest BCUT2D eigenvalue weighted by molar-refractivity contribution is -0.401. The maximum Gasteiger partial charge on any atom is 0.217 e. The molecule has 0 bridgehead atoms. The molecule has 12 heterocycles. The molecule has 0 aromatic rings. The molecule has 0 unspecified atom stereocenters. The third-order valence-corrected chi connectivity index (χ3v) is 27.0. The molecule has 0 aromatic carbocycles. The molecule has 12 aliphatic rings. The number of hydrogen-bond donors (Lipinski definition) is 37. The first kappa shape index (κ1) is 121. The van der Waals surface area contributed by atoms with E-state index in [2.05, 4.69) is 26.6 Å². The largest absolute Gasteiger partial charge is 0.394 e. The van der Waals surface area contributed by atoms with Crippen molar-refractivity contribution in [1.29, 1.82) is 0 Å². The van der Waals surface area contributed by atoms with Gasteiger partial charge in [0.15, 0.2) is 75.5 Å². The summed E-state index contributed by atoms with van der Waals surface area (Å²) in [6.45, 7) is -7.26. The van der Waals surface area contributed by atoms with Crippen LogP contribution in [0, 0.1) is 0 Å². The van der Waals surface area contributed by atoms with Gasteiger partial charge in [-0.15, -0.1) is 0 Å². The summed E-state index contributed by atoms with van der Waals surface area (Å²) in [5.41, 5.74) is 0. The predicted molar refractivity (Wildman–Crippen MR) is 452 cm³/mol. The lowest BCUT2D eigenvalue weighted by Crippen LogP contribution is -2.71.